The molecular weight excluding hydrogens is 479 g/mol. The van der Waals surface area contributed by atoms with Gasteiger partial charge >= 0.3 is 0 Å². The zero-order valence-corrected chi connectivity index (χ0v) is 20.3. The van der Waals surface area contributed by atoms with Crippen LogP contribution in [0.1, 0.15) is 28.0 Å². The zero-order valence-electron chi connectivity index (χ0n) is 19.4. The Morgan fingerprint density at radius 2 is 1.58 bits per heavy atom. The molecule has 1 aliphatic rings. The molecule has 0 bridgehead atoms. The number of carbonyl (C=O) groups is 1. The van der Waals surface area contributed by atoms with Gasteiger partial charge in [-0.2, -0.15) is 0 Å². The van der Waals surface area contributed by atoms with Crippen LogP contribution in [0.3, 0.4) is 0 Å². The van der Waals surface area contributed by atoms with Crippen LogP contribution in [-0.2, 0) is 15.4 Å². The fourth-order valence-electron chi connectivity index (χ4n) is 4.44. The number of rotatable bonds is 5. The molecule has 0 aliphatic carbocycles. The Bertz CT molecular complexity index is 1520. The molecule has 182 valence electrons. The second-order valence-corrected chi connectivity index (χ2v) is 10.7. The highest BCUT2D eigenvalue weighted by atomic mass is 32.2. The zero-order chi connectivity index (χ0) is 25.3. The van der Waals surface area contributed by atoms with Gasteiger partial charge in [-0.3, -0.25) is 9.78 Å². The molecule has 0 saturated carbocycles. The van der Waals surface area contributed by atoms with Crippen molar-refractivity contribution >= 4 is 15.7 Å². The van der Waals surface area contributed by atoms with Gasteiger partial charge in [-0.05, 0) is 65.2 Å². The van der Waals surface area contributed by atoms with Gasteiger partial charge in [0.2, 0.25) is 0 Å². The van der Waals surface area contributed by atoms with E-state index in [1.165, 1.54) is 30.5 Å². The summed E-state index contributed by atoms with van der Waals surface area (Å²) in [5.41, 5.74) is 2.55. The predicted molar refractivity (Wildman–Crippen MR) is 134 cm³/mol. The fourth-order valence-corrected chi connectivity index (χ4v) is 5.07. The van der Waals surface area contributed by atoms with Crippen molar-refractivity contribution in [1.82, 2.24) is 10.3 Å². The van der Waals surface area contributed by atoms with Crippen molar-refractivity contribution in [2.45, 2.75) is 16.9 Å². The molecule has 1 aromatic heterocycles. The van der Waals surface area contributed by atoms with Gasteiger partial charge in [-0.15, -0.1) is 0 Å². The molecule has 1 amide bonds. The first kappa shape index (κ1) is 23.7. The van der Waals surface area contributed by atoms with Gasteiger partial charge in [0, 0.05) is 24.4 Å². The van der Waals surface area contributed by atoms with Crippen molar-refractivity contribution in [2.24, 2.45) is 0 Å². The summed E-state index contributed by atoms with van der Waals surface area (Å²) in [7, 11) is -3.28. The maximum Gasteiger partial charge on any atom is 0.252 e. The van der Waals surface area contributed by atoms with Crippen LogP contribution in [-0.4, -0.2) is 32.2 Å². The molecule has 0 fully saturated rings. The number of carbonyl (C=O) groups excluding carboxylic acids is 1. The quantitative estimate of drug-likeness (QED) is 0.426. The number of nitrogens with one attached hydrogen (secondary N) is 1. The molecule has 3 aromatic carbocycles. The minimum atomic E-state index is -3.28. The largest absolute Gasteiger partial charge is 0.491 e. The molecule has 0 saturated heterocycles. The Kier molecular flexibility index (Phi) is 6.05. The highest BCUT2D eigenvalue weighted by Gasteiger charge is 2.42. The SMILES string of the molecule is CS(=O)(=O)c1ccc(-c2ccc([C@@]3(NC(=O)c4ccc(F)cc4)CCOc4cccnc43)cc2)cc1. The molecule has 36 heavy (non-hydrogen) atoms. The molecular formula is C28H23FN2O4S. The third kappa shape index (κ3) is 4.47. The summed E-state index contributed by atoms with van der Waals surface area (Å²) in [5, 5.41) is 3.15. The van der Waals surface area contributed by atoms with E-state index in [1.54, 1.807) is 36.5 Å². The molecule has 0 spiro atoms. The number of ether oxygens (including phenoxy) is 1. The smallest absolute Gasteiger partial charge is 0.252 e. The van der Waals surface area contributed by atoms with Gasteiger partial charge in [0.25, 0.3) is 5.91 Å². The fraction of sp³-hybridized carbons (Fsp3) is 0.143. The second-order valence-electron chi connectivity index (χ2n) is 8.69. The van der Waals surface area contributed by atoms with E-state index in [2.05, 4.69) is 10.3 Å². The van der Waals surface area contributed by atoms with Gasteiger partial charge in [-0.25, -0.2) is 12.8 Å². The van der Waals surface area contributed by atoms with E-state index >= 15 is 0 Å². The monoisotopic (exact) mass is 502 g/mol. The van der Waals surface area contributed by atoms with Gasteiger partial charge in [-0.1, -0.05) is 36.4 Å². The Morgan fingerprint density at radius 3 is 2.22 bits per heavy atom. The van der Waals surface area contributed by atoms with E-state index in [9.17, 15) is 17.6 Å². The molecule has 0 unspecified atom stereocenters. The highest BCUT2D eigenvalue weighted by molar-refractivity contribution is 7.90. The second kappa shape index (κ2) is 9.20. The lowest BCUT2D eigenvalue weighted by Gasteiger charge is -2.39. The van der Waals surface area contributed by atoms with E-state index in [1.807, 2.05) is 30.3 Å². The molecule has 4 aromatic rings. The Balaban J connectivity index is 1.54. The van der Waals surface area contributed by atoms with Crippen LogP contribution in [0.4, 0.5) is 4.39 Å². The van der Waals surface area contributed by atoms with E-state index in [4.69, 9.17) is 4.74 Å². The third-order valence-electron chi connectivity index (χ3n) is 6.34. The first-order valence-electron chi connectivity index (χ1n) is 11.3. The highest BCUT2D eigenvalue weighted by Crippen LogP contribution is 2.41. The lowest BCUT2D eigenvalue weighted by atomic mass is 9.80. The minimum Gasteiger partial charge on any atom is -0.491 e. The summed E-state index contributed by atoms with van der Waals surface area (Å²) in [5.74, 6) is -0.183. The molecule has 8 heteroatoms. The average molecular weight is 503 g/mol. The number of halogens is 1. The third-order valence-corrected chi connectivity index (χ3v) is 7.46. The Hall–Kier alpha value is -4.04. The number of aromatic nitrogens is 1. The molecule has 1 atom stereocenters. The number of benzene rings is 3. The lowest BCUT2D eigenvalue weighted by molar-refractivity contribution is 0.0883. The van der Waals surface area contributed by atoms with Crippen molar-refractivity contribution in [1.29, 1.82) is 0 Å². The summed E-state index contributed by atoms with van der Waals surface area (Å²) in [6.45, 7) is 0.372. The first-order chi connectivity index (χ1) is 17.3. The lowest BCUT2D eigenvalue weighted by Crippen LogP contribution is -2.50. The van der Waals surface area contributed by atoms with Crippen LogP contribution < -0.4 is 10.1 Å². The van der Waals surface area contributed by atoms with Crippen molar-refractivity contribution in [3.8, 4) is 16.9 Å². The predicted octanol–water partition coefficient (Wildman–Crippen LogP) is 4.75. The Labute approximate surface area is 208 Å². The number of pyridine rings is 1. The first-order valence-corrected chi connectivity index (χ1v) is 13.2. The number of fused-ring (bicyclic) bond motifs is 1. The van der Waals surface area contributed by atoms with E-state index < -0.39 is 21.2 Å². The summed E-state index contributed by atoms with van der Waals surface area (Å²) in [6.07, 6.45) is 3.28. The van der Waals surface area contributed by atoms with Crippen LogP contribution in [0.15, 0.2) is 96.0 Å². The summed E-state index contributed by atoms with van der Waals surface area (Å²) in [4.78, 5) is 18.1. The number of sulfone groups is 1. The molecule has 1 aliphatic heterocycles. The van der Waals surface area contributed by atoms with Gasteiger partial charge in [0.15, 0.2) is 9.84 Å². The van der Waals surface area contributed by atoms with Crippen LogP contribution in [0.2, 0.25) is 0 Å². The van der Waals surface area contributed by atoms with E-state index in [0.29, 0.717) is 30.0 Å². The standard InChI is InChI=1S/C28H23FN2O4S/c1-36(33,34)24-14-8-20(9-15-24)19-4-10-22(11-5-19)28(16-18-35-25-3-2-17-30-26(25)28)31-27(32)21-6-12-23(29)13-7-21/h2-15,17H,16,18H2,1H3,(H,31,32)/t28-/m0/s1. The number of nitrogens with zero attached hydrogens (tertiary/aromatic N) is 1. The van der Waals surface area contributed by atoms with E-state index in [0.717, 1.165) is 16.7 Å². The maximum atomic E-state index is 13.4. The van der Waals surface area contributed by atoms with Crippen LogP contribution in [0.5, 0.6) is 5.75 Å². The van der Waals surface area contributed by atoms with Crippen molar-refractivity contribution < 1.29 is 22.3 Å². The summed E-state index contributed by atoms with van der Waals surface area (Å²) in [6, 6.07) is 23.4. The molecule has 5 rings (SSSR count). The molecule has 1 N–H and O–H groups in total. The maximum absolute atomic E-state index is 13.4. The van der Waals surface area contributed by atoms with Crippen molar-refractivity contribution in [2.75, 3.05) is 12.9 Å². The summed E-state index contributed by atoms with van der Waals surface area (Å²) < 4.78 is 42.8. The molecule has 6 nitrogen and oxygen atoms in total. The van der Waals surface area contributed by atoms with Crippen LogP contribution in [0.25, 0.3) is 11.1 Å². The van der Waals surface area contributed by atoms with Crippen LogP contribution in [0, 0.1) is 5.82 Å². The number of hydrogen-bond donors (Lipinski definition) is 1. The van der Waals surface area contributed by atoms with Gasteiger partial charge < -0.3 is 10.1 Å². The number of amides is 1. The van der Waals surface area contributed by atoms with Gasteiger partial charge in [0.05, 0.1) is 11.5 Å². The topological polar surface area (TPSA) is 85.4 Å². The minimum absolute atomic E-state index is 0.259. The van der Waals surface area contributed by atoms with Crippen molar-refractivity contribution in [3.63, 3.8) is 0 Å². The number of hydrogen-bond acceptors (Lipinski definition) is 5. The average Bonchev–Trinajstić information content (AvgIpc) is 2.89. The Morgan fingerprint density at radius 1 is 0.944 bits per heavy atom. The molecule has 2 heterocycles. The van der Waals surface area contributed by atoms with E-state index in [-0.39, 0.29) is 10.8 Å². The van der Waals surface area contributed by atoms with Gasteiger partial charge in [0.1, 0.15) is 22.8 Å². The normalized spacial score (nSPS) is 17.1. The van der Waals surface area contributed by atoms with Crippen molar-refractivity contribution in [3.05, 3.63) is 114 Å². The molecule has 0 radical (unpaired) electrons. The van der Waals surface area contributed by atoms with Crippen LogP contribution >= 0.6 is 0 Å². The summed E-state index contributed by atoms with van der Waals surface area (Å²) >= 11 is 0.